The molecule has 0 aromatic rings. The molecule has 1 saturated heterocycles. The number of amides is 1. The third-order valence-corrected chi connectivity index (χ3v) is 8.79. The highest BCUT2D eigenvalue weighted by Gasteiger charge is 2.36. The number of ether oxygens (including phenoxy) is 1. The zero-order valence-electron chi connectivity index (χ0n) is 27.6. The molecule has 0 saturated carbocycles. The van der Waals surface area contributed by atoms with E-state index in [1.165, 1.54) is 89.9 Å². The first kappa shape index (κ1) is 39.1. The number of carbonyl (C=O) groups excluding carboxylic acids is 1. The van der Waals surface area contributed by atoms with Crippen LogP contribution < -0.4 is 5.32 Å². The van der Waals surface area contributed by atoms with Gasteiger partial charge in [-0.3, -0.25) is 4.79 Å². The number of hydrogen-bond acceptors (Lipinski definition) is 5. The molecule has 1 amide bonds. The van der Waals surface area contributed by atoms with E-state index in [0.29, 0.717) is 25.0 Å². The van der Waals surface area contributed by atoms with Crippen molar-refractivity contribution in [2.75, 3.05) is 6.61 Å². The Hall–Kier alpha value is -0.950. The summed E-state index contributed by atoms with van der Waals surface area (Å²) >= 11 is 0. The molecular weight excluding hydrogens is 526 g/mol. The molecule has 0 aliphatic carbocycles. The van der Waals surface area contributed by atoms with Crippen LogP contribution in [0.5, 0.6) is 0 Å². The molecule has 1 rings (SSSR count). The molecule has 5 atom stereocenters. The first-order valence-electron chi connectivity index (χ1n) is 18.1. The molecule has 6 heteroatoms. The van der Waals surface area contributed by atoms with Crippen LogP contribution in [0.3, 0.4) is 0 Å². The van der Waals surface area contributed by atoms with Crippen molar-refractivity contribution in [1.82, 2.24) is 5.32 Å². The number of carbonyl (C=O) groups is 1. The fourth-order valence-corrected chi connectivity index (χ4v) is 5.81. The van der Waals surface area contributed by atoms with Gasteiger partial charge in [0, 0.05) is 6.42 Å². The second-order valence-corrected chi connectivity index (χ2v) is 12.8. The predicted octanol–water partition coefficient (Wildman–Crippen LogP) is 8.30. The standard InChI is InChI=1S/C36H69NO5/c1-3-5-7-9-11-12-13-14-15-16-18-22-26-32(39)36(41)31(30-38)37-35(40)29-25-21-17-20-24-28-34-33(42-34)27-23-19-10-8-6-4-2/h19,23,31-34,36,38-39,41H,3-18,20-22,24-30H2,1-2H3,(H,37,40)/b23-19-/t31-,32+,33?,34?,36+/m0/s1. The Morgan fingerprint density at radius 1 is 0.714 bits per heavy atom. The van der Waals surface area contributed by atoms with Crippen molar-refractivity contribution >= 4 is 5.91 Å². The summed E-state index contributed by atoms with van der Waals surface area (Å²) in [5.74, 6) is -0.164. The van der Waals surface area contributed by atoms with Crippen LogP contribution in [0.25, 0.3) is 0 Å². The maximum Gasteiger partial charge on any atom is 0.220 e. The first-order chi connectivity index (χ1) is 20.5. The van der Waals surface area contributed by atoms with Gasteiger partial charge in [-0.25, -0.2) is 0 Å². The van der Waals surface area contributed by atoms with Crippen molar-refractivity contribution in [3.05, 3.63) is 12.2 Å². The summed E-state index contributed by atoms with van der Waals surface area (Å²) in [6, 6.07) is -0.817. The molecule has 4 N–H and O–H groups in total. The van der Waals surface area contributed by atoms with E-state index in [1.807, 2.05) is 0 Å². The third-order valence-electron chi connectivity index (χ3n) is 8.79. The monoisotopic (exact) mass is 596 g/mol. The van der Waals surface area contributed by atoms with Gasteiger partial charge < -0.3 is 25.4 Å². The molecule has 248 valence electrons. The molecule has 0 aromatic carbocycles. The quantitative estimate of drug-likeness (QED) is 0.0367. The van der Waals surface area contributed by atoms with Gasteiger partial charge in [0.25, 0.3) is 0 Å². The number of rotatable bonds is 31. The van der Waals surface area contributed by atoms with Crippen LogP contribution in [0.15, 0.2) is 12.2 Å². The van der Waals surface area contributed by atoms with Crippen molar-refractivity contribution < 1.29 is 24.9 Å². The fourth-order valence-electron chi connectivity index (χ4n) is 5.81. The maximum absolute atomic E-state index is 12.4. The topological polar surface area (TPSA) is 102 Å². The van der Waals surface area contributed by atoms with Crippen LogP contribution in [-0.2, 0) is 9.53 Å². The smallest absolute Gasteiger partial charge is 0.220 e. The van der Waals surface area contributed by atoms with Gasteiger partial charge in [-0.05, 0) is 38.5 Å². The number of allylic oxidation sites excluding steroid dienone is 1. The lowest BCUT2D eigenvalue weighted by Gasteiger charge is -2.26. The highest BCUT2D eigenvalue weighted by molar-refractivity contribution is 5.76. The molecule has 0 spiro atoms. The highest BCUT2D eigenvalue weighted by atomic mass is 16.6. The summed E-state index contributed by atoms with van der Waals surface area (Å²) in [7, 11) is 0. The normalized spacial score (nSPS) is 18.8. The van der Waals surface area contributed by atoms with Gasteiger partial charge in [0.05, 0.1) is 31.0 Å². The molecule has 1 fully saturated rings. The van der Waals surface area contributed by atoms with E-state index in [9.17, 15) is 20.1 Å². The number of aliphatic hydroxyl groups is 3. The molecule has 0 radical (unpaired) electrons. The highest BCUT2D eigenvalue weighted by Crippen LogP contribution is 2.30. The molecule has 0 bridgehead atoms. The number of epoxide rings is 1. The Balaban J connectivity index is 1.98. The van der Waals surface area contributed by atoms with Crippen molar-refractivity contribution in [3.8, 4) is 0 Å². The van der Waals surface area contributed by atoms with E-state index in [4.69, 9.17) is 4.74 Å². The fraction of sp³-hybridized carbons (Fsp3) is 0.917. The lowest BCUT2D eigenvalue weighted by atomic mass is 9.99. The van der Waals surface area contributed by atoms with Crippen LogP contribution in [0.2, 0.25) is 0 Å². The second kappa shape index (κ2) is 27.6. The van der Waals surface area contributed by atoms with Crippen molar-refractivity contribution in [3.63, 3.8) is 0 Å². The summed E-state index contributed by atoms with van der Waals surface area (Å²) in [5.41, 5.74) is 0. The summed E-state index contributed by atoms with van der Waals surface area (Å²) in [6.45, 7) is 4.11. The van der Waals surface area contributed by atoms with Crippen LogP contribution in [0, 0.1) is 0 Å². The van der Waals surface area contributed by atoms with Crippen LogP contribution in [0.1, 0.15) is 174 Å². The molecule has 0 aromatic heterocycles. The van der Waals surface area contributed by atoms with Crippen molar-refractivity contribution in [1.29, 1.82) is 0 Å². The zero-order chi connectivity index (χ0) is 30.7. The Kier molecular flexibility index (Phi) is 25.7. The number of nitrogens with one attached hydrogen (secondary N) is 1. The Morgan fingerprint density at radius 2 is 1.26 bits per heavy atom. The van der Waals surface area contributed by atoms with E-state index >= 15 is 0 Å². The summed E-state index contributed by atoms with van der Waals surface area (Å²) in [6.07, 6.45) is 31.7. The van der Waals surface area contributed by atoms with Gasteiger partial charge in [0.1, 0.15) is 6.10 Å². The molecule has 1 aliphatic rings. The molecular formula is C36H69NO5. The van der Waals surface area contributed by atoms with Crippen LogP contribution in [0.4, 0.5) is 0 Å². The molecule has 42 heavy (non-hydrogen) atoms. The van der Waals surface area contributed by atoms with Crippen molar-refractivity contribution in [2.24, 2.45) is 0 Å². The number of aliphatic hydroxyl groups excluding tert-OH is 3. The Morgan fingerprint density at radius 3 is 1.88 bits per heavy atom. The molecule has 6 nitrogen and oxygen atoms in total. The van der Waals surface area contributed by atoms with E-state index in [-0.39, 0.29) is 12.5 Å². The van der Waals surface area contributed by atoms with Gasteiger partial charge in [0.2, 0.25) is 5.91 Å². The van der Waals surface area contributed by atoms with Gasteiger partial charge in [-0.1, -0.05) is 142 Å². The lowest BCUT2D eigenvalue weighted by molar-refractivity contribution is -0.124. The summed E-state index contributed by atoms with van der Waals surface area (Å²) < 4.78 is 5.79. The van der Waals surface area contributed by atoms with E-state index in [1.54, 1.807) is 0 Å². The lowest BCUT2D eigenvalue weighted by Crippen LogP contribution is -2.50. The SMILES string of the molecule is CCCCC/C=C\CC1OC1CCCCCCCC(=O)N[C@@H](CO)[C@@H](O)[C@H](O)CCCCCCCCCCCCCC. The maximum atomic E-state index is 12.4. The number of unbranched alkanes of at least 4 members (excludes halogenated alkanes) is 18. The molecule has 2 unspecified atom stereocenters. The van der Waals surface area contributed by atoms with E-state index in [0.717, 1.165) is 57.8 Å². The predicted molar refractivity (Wildman–Crippen MR) is 176 cm³/mol. The van der Waals surface area contributed by atoms with E-state index in [2.05, 4.69) is 31.3 Å². The summed E-state index contributed by atoms with van der Waals surface area (Å²) in [5, 5.41) is 33.3. The summed E-state index contributed by atoms with van der Waals surface area (Å²) in [4.78, 5) is 12.4. The van der Waals surface area contributed by atoms with Gasteiger partial charge >= 0.3 is 0 Å². The van der Waals surface area contributed by atoms with Gasteiger partial charge in [-0.15, -0.1) is 0 Å². The minimum absolute atomic E-state index is 0.164. The minimum atomic E-state index is -1.14. The van der Waals surface area contributed by atoms with Crippen LogP contribution >= 0.6 is 0 Å². The number of hydrogen-bond donors (Lipinski definition) is 4. The van der Waals surface area contributed by atoms with Crippen LogP contribution in [-0.4, -0.2) is 58.3 Å². The van der Waals surface area contributed by atoms with Crippen molar-refractivity contribution in [2.45, 2.75) is 205 Å². The Bertz CT molecular complexity index is 642. The third kappa shape index (κ3) is 21.7. The minimum Gasteiger partial charge on any atom is -0.394 e. The zero-order valence-corrected chi connectivity index (χ0v) is 27.6. The Labute approximate surface area is 259 Å². The van der Waals surface area contributed by atoms with Gasteiger partial charge in [0.15, 0.2) is 0 Å². The second-order valence-electron chi connectivity index (χ2n) is 12.8. The molecule has 1 heterocycles. The molecule has 1 aliphatic heterocycles. The van der Waals surface area contributed by atoms with Gasteiger partial charge in [-0.2, -0.15) is 0 Å². The van der Waals surface area contributed by atoms with E-state index < -0.39 is 18.2 Å². The average molecular weight is 596 g/mol. The largest absolute Gasteiger partial charge is 0.394 e. The first-order valence-corrected chi connectivity index (χ1v) is 18.1. The average Bonchev–Trinajstić information content (AvgIpc) is 3.75.